The highest BCUT2D eigenvalue weighted by atomic mass is 127. The van der Waals surface area contributed by atoms with Crippen LogP contribution in [0.5, 0.6) is 0 Å². The van der Waals surface area contributed by atoms with E-state index < -0.39 is 0 Å². The van der Waals surface area contributed by atoms with Crippen molar-refractivity contribution in [2.45, 2.75) is 19.3 Å². The third-order valence-corrected chi connectivity index (χ3v) is 3.78. The van der Waals surface area contributed by atoms with Gasteiger partial charge in [-0.15, -0.1) is 24.0 Å². The van der Waals surface area contributed by atoms with Gasteiger partial charge in [-0.3, -0.25) is 4.99 Å². The number of nitrogens with one attached hydrogen (secondary N) is 1. The van der Waals surface area contributed by atoms with Crippen molar-refractivity contribution in [3.05, 3.63) is 35.6 Å². The normalized spacial score (nSPS) is 14.3. The van der Waals surface area contributed by atoms with Gasteiger partial charge in [0.1, 0.15) is 5.82 Å². The van der Waals surface area contributed by atoms with Crippen LogP contribution in [0.15, 0.2) is 29.3 Å². The van der Waals surface area contributed by atoms with Crippen LogP contribution in [0.2, 0.25) is 0 Å². The second-order valence-electron chi connectivity index (χ2n) is 5.79. The van der Waals surface area contributed by atoms with E-state index in [4.69, 9.17) is 4.74 Å². The highest BCUT2D eigenvalue weighted by Crippen LogP contribution is 2.28. The SMILES string of the molecule is CN=C(NCCc1cccc(F)c1)N(C)CCOCC1CC1.I. The molecule has 1 saturated carbocycles. The van der Waals surface area contributed by atoms with Crippen LogP contribution in [0, 0.1) is 11.7 Å². The van der Waals surface area contributed by atoms with Gasteiger partial charge in [-0.1, -0.05) is 12.1 Å². The summed E-state index contributed by atoms with van der Waals surface area (Å²) < 4.78 is 18.8. The summed E-state index contributed by atoms with van der Waals surface area (Å²) >= 11 is 0. The molecule has 1 aromatic carbocycles. The molecule has 0 radical (unpaired) electrons. The Kier molecular flexibility index (Phi) is 9.47. The Morgan fingerprint density at radius 3 is 2.87 bits per heavy atom. The number of guanidine groups is 1. The Labute approximate surface area is 155 Å². The molecule has 1 N–H and O–H groups in total. The number of hydrogen-bond donors (Lipinski definition) is 1. The van der Waals surface area contributed by atoms with Gasteiger partial charge in [-0.25, -0.2) is 4.39 Å². The first-order valence-electron chi connectivity index (χ1n) is 7.93. The van der Waals surface area contributed by atoms with Gasteiger partial charge < -0.3 is 15.0 Å². The number of benzene rings is 1. The lowest BCUT2D eigenvalue weighted by Gasteiger charge is -2.22. The lowest BCUT2D eigenvalue weighted by molar-refractivity contribution is 0.115. The van der Waals surface area contributed by atoms with Crippen molar-refractivity contribution in [3.63, 3.8) is 0 Å². The van der Waals surface area contributed by atoms with Gasteiger partial charge >= 0.3 is 0 Å². The summed E-state index contributed by atoms with van der Waals surface area (Å²) in [6, 6.07) is 6.71. The van der Waals surface area contributed by atoms with Crippen molar-refractivity contribution < 1.29 is 9.13 Å². The fourth-order valence-electron chi connectivity index (χ4n) is 2.24. The molecule has 4 nitrogen and oxygen atoms in total. The Morgan fingerprint density at radius 2 is 2.22 bits per heavy atom. The van der Waals surface area contributed by atoms with Gasteiger partial charge in [-0.05, 0) is 42.9 Å². The summed E-state index contributed by atoms with van der Waals surface area (Å²) in [6.07, 6.45) is 3.40. The summed E-state index contributed by atoms with van der Waals surface area (Å²) in [5.74, 6) is 1.45. The van der Waals surface area contributed by atoms with Crippen LogP contribution < -0.4 is 5.32 Å². The van der Waals surface area contributed by atoms with Crippen LogP contribution in [0.3, 0.4) is 0 Å². The van der Waals surface area contributed by atoms with Gasteiger partial charge in [0.2, 0.25) is 0 Å². The topological polar surface area (TPSA) is 36.9 Å². The molecular formula is C17H27FIN3O. The van der Waals surface area contributed by atoms with Crippen molar-refractivity contribution in [3.8, 4) is 0 Å². The summed E-state index contributed by atoms with van der Waals surface area (Å²) in [7, 11) is 3.77. The third-order valence-electron chi connectivity index (χ3n) is 3.78. The van der Waals surface area contributed by atoms with E-state index >= 15 is 0 Å². The van der Waals surface area contributed by atoms with E-state index in [9.17, 15) is 4.39 Å². The molecule has 0 spiro atoms. The van der Waals surface area contributed by atoms with Gasteiger partial charge in [0.05, 0.1) is 6.61 Å². The van der Waals surface area contributed by atoms with Crippen molar-refractivity contribution in [1.82, 2.24) is 10.2 Å². The van der Waals surface area contributed by atoms with Crippen molar-refractivity contribution in [1.29, 1.82) is 0 Å². The van der Waals surface area contributed by atoms with Crippen LogP contribution in [0.1, 0.15) is 18.4 Å². The number of rotatable bonds is 8. The minimum absolute atomic E-state index is 0. The average Bonchev–Trinajstić information content (AvgIpc) is 3.32. The molecule has 130 valence electrons. The van der Waals surface area contributed by atoms with E-state index in [1.165, 1.54) is 18.9 Å². The van der Waals surface area contributed by atoms with E-state index in [-0.39, 0.29) is 29.8 Å². The number of halogens is 2. The fraction of sp³-hybridized carbons (Fsp3) is 0.588. The summed E-state index contributed by atoms with van der Waals surface area (Å²) in [4.78, 5) is 6.32. The zero-order valence-electron chi connectivity index (χ0n) is 13.9. The number of nitrogens with zero attached hydrogens (tertiary/aromatic N) is 2. The van der Waals surface area contributed by atoms with Gasteiger partial charge in [0.15, 0.2) is 5.96 Å². The smallest absolute Gasteiger partial charge is 0.193 e. The van der Waals surface area contributed by atoms with Crippen molar-refractivity contribution in [2.75, 3.05) is 40.4 Å². The first-order chi connectivity index (χ1) is 10.7. The van der Waals surface area contributed by atoms with Crippen molar-refractivity contribution in [2.24, 2.45) is 10.9 Å². The van der Waals surface area contributed by atoms with E-state index in [1.807, 2.05) is 13.1 Å². The second kappa shape index (κ2) is 10.8. The van der Waals surface area contributed by atoms with Crippen LogP contribution in [-0.4, -0.2) is 51.3 Å². The number of ether oxygens (including phenoxy) is 1. The Balaban J connectivity index is 0.00000264. The van der Waals surface area contributed by atoms with Crippen molar-refractivity contribution >= 4 is 29.9 Å². The summed E-state index contributed by atoms with van der Waals surface area (Å²) in [5, 5.41) is 3.30. The molecule has 0 unspecified atom stereocenters. The number of likely N-dealkylation sites (N-methyl/N-ethyl adjacent to an activating group) is 1. The first-order valence-corrected chi connectivity index (χ1v) is 7.93. The average molecular weight is 435 g/mol. The largest absolute Gasteiger partial charge is 0.379 e. The molecule has 1 fully saturated rings. The Bertz CT molecular complexity index is 494. The third kappa shape index (κ3) is 7.97. The van der Waals surface area contributed by atoms with Gasteiger partial charge in [0.25, 0.3) is 0 Å². The lowest BCUT2D eigenvalue weighted by Crippen LogP contribution is -2.41. The Morgan fingerprint density at radius 1 is 1.43 bits per heavy atom. The predicted octanol–water partition coefficient (Wildman–Crippen LogP) is 2.92. The highest BCUT2D eigenvalue weighted by Gasteiger charge is 2.21. The maximum absolute atomic E-state index is 13.1. The van der Waals surface area contributed by atoms with Gasteiger partial charge in [-0.2, -0.15) is 0 Å². The molecular weight excluding hydrogens is 408 g/mol. The van der Waals surface area contributed by atoms with Crippen LogP contribution >= 0.6 is 24.0 Å². The number of aliphatic imine (C=N–C) groups is 1. The van der Waals surface area contributed by atoms with E-state index in [2.05, 4.69) is 15.2 Å². The van der Waals surface area contributed by atoms with Crippen LogP contribution in [0.25, 0.3) is 0 Å². The fourth-order valence-corrected chi connectivity index (χ4v) is 2.24. The van der Waals surface area contributed by atoms with E-state index in [0.29, 0.717) is 0 Å². The monoisotopic (exact) mass is 435 g/mol. The minimum atomic E-state index is -0.188. The standard InChI is InChI=1S/C17H26FN3O.HI/c1-19-17(21(2)10-11-22-13-15-6-7-15)20-9-8-14-4-3-5-16(18)12-14;/h3-5,12,15H,6-11,13H2,1-2H3,(H,19,20);1H. The van der Waals surface area contributed by atoms with Gasteiger partial charge in [0, 0.05) is 33.8 Å². The molecule has 0 amide bonds. The Hall–Kier alpha value is -0.890. The first kappa shape index (κ1) is 20.2. The maximum atomic E-state index is 13.1. The maximum Gasteiger partial charge on any atom is 0.193 e. The molecule has 23 heavy (non-hydrogen) atoms. The van der Waals surface area contributed by atoms with Crippen LogP contribution in [0.4, 0.5) is 4.39 Å². The quantitative estimate of drug-likeness (QED) is 0.295. The predicted molar refractivity (Wildman–Crippen MR) is 103 cm³/mol. The molecule has 0 saturated heterocycles. The lowest BCUT2D eigenvalue weighted by atomic mass is 10.1. The molecule has 2 rings (SSSR count). The summed E-state index contributed by atoms with van der Waals surface area (Å²) in [5.41, 5.74) is 0.985. The minimum Gasteiger partial charge on any atom is -0.379 e. The molecule has 1 aliphatic carbocycles. The molecule has 0 aromatic heterocycles. The molecule has 0 heterocycles. The molecule has 6 heteroatoms. The van der Waals surface area contributed by atoms with E-state index in [0.717, 1.165) is 50.2 Å². The summed E-state index contributed by atoms with van der Waals surface area (Å²) in [6.45, 7) is 3.15. The van der Waals surface area contributed by atoms with Crippen LogP contribution in [-0.2, 0) is 11.2 Å². The molecule has 0 bridgehead atoms. The molecule has 1 aliphatic rings. The van der Waals surface area contributed by atoms with E-state index in [1.54, 1.807) is 19.2 Å². The zero-order valence-corrected chi connectivity index (χ0v) is 16.3. The zero-order chi connectivity index (χ0) is 15.8. The second-order valence-corrected chi connectivity index (χ2v) is 5.79. The highest BCUT2D eigenvalue weighted by molar-refractivity contribution is 14.0. The molecule has 0 atom stereocenters. The number of hydrogen-bond acceptors (Lipinski definition) is 2. The molecule has 0 aliphatic heterocycles. The molecule has 1 aromatic rings.